The number of nitrogens with zero attached hydrogens (tertiary/aromatic N) is 1. The molecule has 2 aromatic carbocycles. The van der Waals surface area contributed by atoms with Gasteiger partial charge in [-0.1, -0.05) is 0 Å². The Kier molecular flexibility index (Phi) is 6.79. The Bertz CT molecular complexity index is 975. The molecule has 1 amide bonds. The minimum absolute atomic E-state index is 0.0867. The van der Waals surface area contributed by atoms with Crippen LogP contribution in [0, 0.1) is 10.1 Å². The summed E-state index contributed by atoms with van der Waals surface area (Å²) in [6, 6.07) is 6.37. The van der Waals surface area contributed by atoms with E-state index < -0.39 is 39.6 Å². The molecular formula is C17H15N3O9. The van der Waals surface area contributed by atoms with Gasteiger partial charge in [0.05, 0.1) is 34.9 Å². The van der Waals surface area contributed by atoms with Crippen LogP contribution >= 0.6 is 0 Å². The maximum atomic E-state index is 12.2. The first-order valence-electron chi connectivity index (χ1n) is 7.90. The maximum Gasteiger partial charge on any atom is 0.336 e. The Morgan fingerprint density at radius 1 is 1.00 bits per heavy atom. The van der Waals surface area contributed by atoms with E-state index in [1.54, 1.807) is 0 Å². The van der Waals surface area contributed by atoms with Gasteiger partial charge in [-0.2, -0.15) is 5.48 Å². The van der Waals surface area contributed by atoms with Gasteiger partial charge in [0, 0.05) is 12.1 Å². The van der Waals surface area contributed by atoms with Gasteiger partial charge in [0.15, 0.2) is 0 Å². The highest BCUT2D eigenvalue weighted by Gasteiger charge is 2.20. The van der Waals surface area contributed by atoms with Crippen molar-refractivity contribution in [1.29, 1.82) is 0 Å². The van der Waals surface area contributed by atoms with E-state index in [1.807, 2.05) is 0 Å². The molecule has 152 valence electrons. The molecule has 0 spiro atoms. The molecule has 2 rings (SSSR count). The third kappa shape index (κ3) is 5.47. The number of aromatic carboxylic acids is 2. The van der Waals surface area contributed by atoms with Crippen LogP contribution in [0.15, 0.2) is 36.4 Å². The molecule has 12 nitrogen and oxygen atoms in total. The summed E-state index contributed by atoms with van der Waals surface area (Å²) in [6.45, 7) is -0.578. The zero-order chi connectivity index (χ0) is 21.6. The molecule has 0 unspecified atom stereocenters. The molecule has 0 saturated carbocycles. The van der Waals surface area contributed by atoms with Crippen molar-refractivity contribution in [2.75, 3.05) is 6.67 Å². The molecule has 0 aliphatic rings. The van der Waals surface area contributed by atoms with Gasteiger partial charge in [-0.25, -0.2) is 9.59 Å². The Hall–Kier alpha value is -4.03. The number of carbonyl (C=O) groups excluding carboxylic acids is 1. The van der Waals surface area contributed by atoms with Gasteiger partial charge in [0.25, 0.3) is 11.6 Å². The fourth-order valence-electron chi connectivity index (χ4n) is 2.32. The van der Waals surface area contributed by atoms with Crippen molar-refractivity contribution in [2.24, 2.45) is 0 Å². The van der Waals surface area contributed by atoms with Crippen LogP contribution in [0.1, 0.15) is 36.6 Å². The number of non-ortho nitro benzene ring substituents is 1. The third-order valence-electron chi connectivity index (χ3n) is 3.66. The first-order chi connectivity index (χ1) is 13.7. The average molecular weight is 405 g/mol. The zero-order valence-corrected chi connectivity index (χ0v) is 14.6. The van der Waals surface area contributed by atoms with E-state index in [0.717, 1.165) is 18.2 Å². The minimum Gasteiger partial charge on any atom is -0.508 e. The predicted octanol–water partition coefficient (Wildman–Crippen LogP) is 1.11. The largest absolute Gasteiger partial charge is 0.508 e. The second kappa shape index (κ2) is 9.25. The fraction of sp³-hybridized carbons (Fsp3) is 0.118. The molecule has 0 saturated heterocycles. The van der Waals surface area contributed by atoms with Gasteiger partial charge in [-0.3, -0.25) is 19.7 Å². The van der Waals surface area contributed by atoms with Gasteiger partial charge in [-0.15, -0.1) is 0 Å². The lowest BCUT2D eigenvalue weighted by Crippen LogP contribution is -2.34. The van der Waals surface area contributed by atoms with Crippen LogP contribution in [0.5, 0.6) is 5.75 Å². The number of aromatic hydroxyl groups is 1. The van der Waals surface area contributed by atoms with Crippen LogP contribution in [0.25, 0.3) is 0 Å². The van der Waals surface area contributed by atoms with Crippen LogP contribution in [0.2, 0.25) is 0 Å². The quantitative estimate of drug-likeness (QED) is 0.175. The molecule has 12 heteroatoms. The lowest BCUT2D eigenvalue weighted by atomic mass is 10.1. The molecule has 0 radical (unpaired) electrons. The summed E-state index contributed by atoms with van der Waals surface area (Å²) in [5.41, 5.74) is 1.13. The molecule has 0 heterocycles. The van der Waals surface area contributed by atoms with E-state index in [9.17, 15) is 29.6 Å². The van der Waals surface area contributed by atoms with Crippen molar-refractivity contribution in [3.8, 4) is 5.75 Å². The minimum atomic E-state index is -1.43. The van der Waals surface area contributed by atoms with Crippen LogP contribution in [0.3, 0.4) is 0 Å². The average Bonchev–Trinajstić information content (AvgIpc) is 2.66. The summed E-state index contributed by atoms with van der Waals surface area (Å²) in [7, 11) is 0. The second-order valence-corrected chi connectivity index (χ2v) is 5.55. The van der Waals surface area contributed by atoms with Crippen LogP contribution in [0.4, 0.5) is 5.69 Å². The van der Waals surface area contributed by atoms with E-state index in [0.29, 0.717) is 0 Å². The van der Waals surface area contributed by atoms with E-state index in [-0.39, 0.29) is 30.2 Å². The highest BCUT2D eigenvalue weighted by atomic mass is 16.6. The van der Waals surface area contributed by atoms with Gasteiger partial charge in [0.1, 0.15) is 5.75 Å². The molecule has 0 aliphatic carbocycles. The number of carboxylic acids is 2. The molecule has 0 aromatic heterocycles. The number of nitro groups is 1. The van der Waals surface area contributed by atoms with Crippen molar-refractivity contribution >= 4 is 23.5 Å². The zero-order valence-electron chi connectivity index (χ0n) is 14.6. The van der Waals surface area contributed by atoms with Crippen molar-refractivity contribution < 1.29 is 39.5 Å². The van der Waals surface area contributed by atoms with E-state index >= 15 is 0 Å². The number of nitro benzene ring substituents is 1. The summed E-state index contributed by atoms with van der Waals surface area (Å²) in [5.74, 6) is -3.71. The highest BCUT2D eigenvalue weighted by molar-refractivity contribution is 6.05. The summed E-state index contributed by atoms with van der Waals surface area (Å²) in [4.78, 5) is 49.6. The standard InChI is InChI=1S/C17H15N3O9/c21-11-2-4-12(16(23)24)9(5-11)7-29-19-8-18-15(22)14-6-10(20(27)28)1-3-13(14)17(25)26/h1-6,19,21H,7-8H2,(H,18,22)(H,23,24)(H,25,26). The van der Waals surface area contributed by atoms with Gasteiger partial charge >= 0.3 is 11.9 Å². The Morgan fingerprint density at radius 3 is 2.28 bits per heavy atom. The van der Waals surface area contributed by atoms with Crippen molar-refractivity contribution in [3.63, 3.8) is 0 Å². The molecule has 0 bridgehead atoms. The van der Waals surface area contributed by atoms with Crippen molar-refractivity contribution in [1.82, 2.24) is 10.8 Å². The number of nitrogens with one attached hydrogen (secondary N) is 2. The summed E-state index contributed by atoms with van der Waals surface area (Å²) < 4.78 is 0. The van der Waals surface area contributed by atoms with E-state index in [2.05, 4.69) is 10.8 Å². The number of hydroxylamine groups is 1. The van der Waals surface area contributed by atoms with Crippen molar-refractivity contribution in [3.05, 3.63) is 68.8 Å². The summed E-state index contributed by atoms with van der Waals surface area (Å²) in [5, 5.41) is 40.7. The Balaban J connectivity index is 1.97. The SMILES string of the molecule is O=C(O)c1ccc(O)cc1CONCNC(=O)c1cc([N+](=O)[O-])ccc1C(=O)O. The van der Waals surface area contributed by atoms with Crippen LogP contribution in [-0.2, 0) is 11.4 Å². The number of hydrogen-bond acceptors (Lipinski definition) is 8. The Labute approximate surface area is 162 Å². The number of amides is 1. The summed E-state index contributed by atoms with van der Waals surface area (Å²) >= 11 is 0. The van der Waals surface area contributed by atoms with Gasteiger partial charge in [0.2, 0.25) is 0 Å². The maximum absolute atomic E-state index is 12.2. The molecule has 2 aromatic rings. The molecular weight excluding hydrogens is 390 g/mol. The predicted molar refractivity (Wildman–Crippen MR) is 95.4 cm³/mol. The monoisotopic (exact) mass is 405 g/mol. The molecule has 0 atom stereocenters. The number of phenols is 1. The number of hydrogen-bond donors (Lipinski definition) is 5. The second-order valence-electron chi connectivity index (χ2n) is 5.55. The first-order valence-corrected chi connectivity index (χ1v) is 7.90. The topological polar surface area (TPSA) is 188 Å². The van der Waals surface area contributed by atoms with E-state index in [4.69, 9.17) is 15.1 Å². The molecule has 5 N–H and O–H groups in total. The lowest BCUT2D eigenvalue weighted by Gasteiger charge is -2.11. The Morgan fingerprint density at radius 2 is 1.66 bits per heavy atom. The highest BCUT2D eigenvalue weighted by Crippen LogP contribution is 2.19. The van der Waals surface area contributed by atoms with Gasteiger partial charge in [-0.05, 0) is 29.8 Å². The molecule has 0 aliphatic heterocycles. The lowest BCUT2D eigenvalue weighted by molar-refractivity contribution is -0.384. The van der Waals surface area contributed by atoms with Crippen LogP contribution < -0.4 is 10.8 Å². The number of carboxylic acid groups (broad SMARTS) is 2. The number of rotatable bonds is 9. The number of carbonyl (C=O) groups is 3. The van der Waals surface area contributed by atoms with E-state index in [1.165, 1.54) is 18.2 Å². The number of phenolic OH excluding ortho intramolecular Hbond substituents is 1. The normalized spacial score (nSPS) is 10.3. The van der Waals surface area contributed by atoms with Crippen molar-refractivity contribution in [2.45, 2.75) is 6.61 Å². The van der Waals surface area contributed by atoms with Crippen LogP contribution in [-0.4, -0.2) is 44.8 Å². The third-order valence-corrected chi connectivity index (χ3v) is 3.66. The first kappa shape index (κ1) is 21.3. The molecule has 0 fully saturated rings. The smallest absolute Gasteiger partial charge is 0.336 e. The summed E-state index contributed by atoms with van der Waals surface area (Å²) in [6.07, 6.45) is 0. The fourth-order valence-corrected chi connectivity index (χ4v) is 2.32. The number of benzene rings is 2. The molecule has 29 heavy (non-hydrogen) atoms. The van der Waals surface area contributed by atoms with Gasteiger partial charge < -0.3 is 20.6 Å².